The molecule has 0 spiro atoms. The summed E-state index contributed by atoms with van der Waals surface area (Å²) in [4.78, 5) is 10.8. The predicted molar refractivity (Wildman–Crippen MR) is 59.2 cm³/mol. The topological polar surface area (TPSA) is 26.3 Å². The largest absolute Gasteiger partial charge is 0.463 e. The Morgan fingerprint density at radius 3 is 2.29 bits per heavy atom. The van der Waals surface area contributed by atoms with Crippen molar-refractivity contribution in [2.75, 3.05) is 0 Å². The van der Waals surface area contributed by atoms with Crippen molar-refractivity contribution >= 4 is 5.97 Å². The minimum absolute atomic E-state index is 0.140. The van der Waals surface area contributed by atoms with E-state index in [2.05, 4.69) is 13.8 Å². The molecular weight excluding hydrogens is 176 g/mol. The fourth-order valence-corrected chi connectivity index (χ4v) is 1.62. The van der Waals surface area contributed by atoms with Crippen LogP contribution in [0.3, 0.4) is 0 Å². The van der Waals surface area contributed by atoms with Gasteiger partial charge >= 0.3 is 5.97 Å². The standard InChI is InChI=1S/C12H24O2/c1-4-6-7-8-10-12(9-5-2)14-11(3)13/h12H,4-10H2,1-3H3/t12-/m0/s1. The van der Waals surface area contributed by atoms with Gasteiger partial charge in [-0.05, 0) is 19.3 Å². The van der Waals surface area contributed by atoms with Crippen molar-refractivity contribution in [2.45, 2.75) is 71.8 Å². The zero-order chi connectivity index (χ0) is 10.8. The molecule has 0 aliphatic rings. The number of hydrogen-bond donors (Lipinski definition) is 0. The first-order valence-corrected chi connectivity index (χ1v) is 5.87. The predicted octanol–water partition coefficient (Wildman–Crippen LogP) is 3.69. The molecule has 0 bridgehead atoms. The SMILES string of the molecule is CCCCCC[C@H](CCC)OC(C)=O. The molecule has 0 N–H and O–H groups in total. The van der Waals surface area contributed by atoms with Gasteiger partial charge in [0, 0.05) is 6.92 Å². The van der Waals surface area contributed by atoms with Crippen LogP contribution in [-0.2, 0) is 9.53 Å². The molecule has 0 saturated heterocycles. The Morgan fingerprint density at radius 1 is 1.07 bits per heavy atom. The molecule has 0 rings (SSSR count). The van der Waals surface area contributed by atoms with Crippen molar-refractivity contribution in [3.8, 4) is 0 Å². The van der Waals surface area contributed by atoms with Crippen LogP contribution in [0.1, 0.15) is 65.7 Å². The number of unbranched alkanes of at least 4 members (excludes halogenated alkanes) is 3. The average Bonchev–Trinajstić information content (AvgIpc) is 2.12. The van der Waals surface area contributed by atoms with Gasteiger partial charge in [-0.15, -0.1) is 0 Å². The molecule has 2 nitrogen and oxygen atoms in total. The lowest BCUT2D eigenvalue weighted by Gasteiger charge is -2.15. The highest BCUT2D eigenvalue weighted by Gasteiger charge is 2.09. The lowest BCUT2D eigenvalue weighted by atomic mass is 10.1. The molecule has 0 amide bonds. The van der Waals surface area contributed by atoms with Crippen LogP contribution < -0.4 is 0 Å². The second-order valence-corrected chi connectivity index (χ2v) is 3.87. The smallest absolute Gasteiger partial charge is 0.302 e. The molecule has 0 aromatic rings. The third kappa shape index (κ3) is 8.09. The molecule has 0 aromatic carbocycles. The van der Waals surface area contributed by atoms with Gasteiger partial charge in [-0.25, -0.2) is 0 Å². The molecule has 0 radical (unpaired) electrons. The normalized spacial score (nSPS) is 12.5. The van der Waals surface area contributed by atoms with Crippen molar-refractivity contribution in [1.29, 1.82) is 0 Å². The molecule has 0 saturated carbocycles. The molecule has 1 atom stereocenters. The number of rotatable bonds is 8. The minimum Gasteiger partial charge on any atom is -0.463 e. The van der Waals surface area contributed by atoms with Crippen LogP contribution in [-0.4, -0.2) is 12.1 Å². The molecule has 14 heavy (non-hydrogen) atoms. The first kappa shape index (κ1) is 13.5. The molecule has 0 fully saturated rings. The molecule has 0 aliphatic carbocycles. The van der Waals surface area contributed by atoms with E-state index in [1.807, 2.05) is 0 Å². The molecule has 2 heteroatoms. The maximum absolute atomic E-state index is 10.8. The fourth-order valence-electron chi connectivity index (χ4n) is 1.62. The molecule has 0 heterocycles. The Kier molecular flexibility index (Phi) is 8.70. The summed E-state index contributed by atoms with van der Waals surface area (Å²) in [5.41, 5.74) is 0. The zero-order valence-corrected chi connectivity index (χ0v) is 9.84. The minimum atomic E-state index is -0.140. The van der Waals surface area contributed by atoms with E-state index in [-0.39, 0.29) is 12.1 Å². The van der Waals surface area contributed by atoms with Crippen LogP contribution in [0, 0.1) is 0 Å². The summed E-state index contributed by atoms with van der Waals surface area (Å²) in [6.45, 7) is 5.83. The summed E-state index contributed by atoms with van der Waals surface area (Å²) in [7, 11) is 0. The van der Waals surface area contributed by atoms with E-state index in [9.17, 15) is 4.79 Å². The van der Waals surface area contributed by atoms with Gasteiger partial charge in [0.25, 0.3) is 0 Å². The quantitative estimate of drug-likeness (QED) is 0.441. The number of ether oxygens (including phenoxy) is 1. The average molecular weight is 200 g/mol. The van der Waals surface area contributed by atoms with E-state index >= 15 is 0 Å². The van der Waals surface area contributed by atoms with Crippen molar-refractivity contribution in [2.24, 2.45) is 0 Å². The van der Waals surface area contributed by atoms with Gasteiger partial charge in [0.1, 0.15) is 6.10 Å². The van der Waals surface area contributed by atoms with Crippen molar-refractivity contribution in [3.05, 3.63) is 0 Å². The van der Waals surface area contributed by atoms with Gasteiger partial charge in [0.15, 0.2) is 0 Å². The van der Waals surface area contributed by atoms with Crippen molar-refractivity contribution in [1.82, 2.24) is 0 Å². The van der Waals surface area contributed by atoms with Crippen LogP contribution >= 0.6 is 0 Å². The summed E-state index contributed by atoms with van der Waals surface area (Å²) >= 11 is 0. The summed E-state index contributed by atoms with van der Waals surface area (Å²) in [6, 6.07) is 0. The van der Waals surface area contributed by atoms with E-state index in [1.54, 1.807) is 0 Å². The fraction of sp³-hybridized carbons (Fsp3) is 0.917. The van der Waals surface area contributed by atoms with E-state index < -0.39 is 0 Å². The number of esters is 1. The van der Waals surface area contributed by atoms with E-state index in [1.165, 1.54) is 32.6 Å². The Bertz CT molecular complexity index is 143. The van der Waals surface area contributed by atoms with E-state index in [0.717, 1.165) is 19.3 Å². The van der Waals surface area contributed by atoms with Gasteiger partial charge in [-0.1, -0.05) is 39.5 Å². The van der Waals surface area contributed by atoms with Crippen LogP contribution in [0.25, 0.3) is 0 Å². The number of hydrogen-bond acceptors (Lipinski definition) is 2. The maximum Gasteiger partial charge on any atom is 0.302 e. The van der Waals surface area contributed by atoms with Crippen molar-refractivity contribution in [3.63, 3.8) is 0 Å². The summed E-state index contributed by atoms with van der Waals surface area (Å²) < 4.78 is 5.23. The van der Waals surface area contributed by atoms with Gasteiger partial charge in [-0.2, -0.15) is 0 Å². The Morgan fingerprint density at radius 2 is 1.79 bits per heavy atom. The van der Waals surface area contributed by atoms with Crippen LogP contribution in [0.5, 0.6) is 0 Å². The molecule has 0 aliphatic heterocycles. The Hall–Kier alpha value is -0.530. The highest BCUT2D eigenvalue weighted by atomic mass is 16.5. The van der Waals surface area contributed by atoms with Gasteiger partial charge < -0.3 is 4.74 Å². The summed E-state index contributed by atoms with van der Waals surface area (Å²) in [5.74, 6) is -0.140. The zero-order valence-electron chi connectivity index (χ0n) is 9.84. The summed E-state index contributed by atoms with van der Waals surface area (Å²) in [5, 5.41) is 0. The molecule has 0 aromatic heterocycles. The number of carbonyl (C=O) groups is 1. The second-order valence-electron chi connectivity index (χ2n) is 3.87. The lowest BCUT2D eigenvalue weighted by molar-refractivity contribution is -0.147. The van der Waals surface area contributed by atoms with E-state index in [4.69, 9.17) is 4.74 Å². The van der Waals surface area contributed by atoms with Crippen molar-refractivity contribution < 1.29 is 9.53 Å². The van der Waals surface area contributed by atoms with E-state index in [0.29, 0.717) is 0 Å². The highest BCUT2D eigenvalue weighted by Crippen LogP contribution is 2.12. The molecule has 0 unspecified atom stereocenters. The molecular formula is C12H24O2. The maximum atomic E-state index is 10.8. The summed E-state index contributed by atoms with van der Waals surface area (Å²) in [6.07, 6.45) is 8.29. The van der Waals surface area contributed by atoms with Crippen LogP contribution in [0.2, 0.25) is 0 Å². The third-order valence-corrected chi connectivity index (χ3v) is 2.32. The van der Waals surface area contributed by atoms with Gasteiger partial charge in [0.05, 0.1) is 0 Å². The first-order chi connectivity index (χ1) is 6.70. The van der Waals surface area contributed by atoms with Gasteiger partial charge in [-0.3, -0.25) is 4.79 Å². The monoisotopic (exact) mass is 200 g/mol. The Labute approximate surface area is 88.0 Å². The van der Waals surface area contributed by atoms with Gasteiger partial charge in [0.2, 0.25) is 0 Å². The van der Waals surface area contributed by atoms with Crippen LogP contribution in [0.4, 0.5) is 0 Å². The van der Waals surface area contributed by atoms with Crippen LogP contribution in [0.15, 0.2) is 0 Å². The third-order valence-electron chi connectivity index (χ3n) is 2.32. The Balaban J connectivity index is 3.56. The molecule has 84 valence electrons. The second kappa shape index (κ2) is 9.04. The number of carbonyl (C=O) groups excluding carboxylic acids is 1. The highest BCUT2D eigenvalue weighted by molar-refractivity contribution is 5.66. The lowest BCUT2D eigenvalue weighted by Crippen LogP contribution is -2.15. The first-order valence-electron chi connectivity index (χ1n) is 5.87.